The normalized spacial score (nSPS) is 20.2. The van der Waals surface area contributed by atoms with Gasteiger partial charge in [-0.3, -0.25) is 9.59 Å². The summed E-state index contributed by atoms with van der Waals surface area (Å²) < 4.78 is 10.5. The number of hydrogen-bond acceptors (Lipinski definition) is 4. The topological polar surface area (TPSA) is 84.9 Å². The first kappa shape index (κ1) is 17.3. The number of aliphatic carboxylic acids is 1. The molecule has 6 nitrogen and oxygen atoms in total. The number of carboxylic acid groups (broad SMARTS) is 1. The molecule has 1 aromatic rings. The zero-order valence-corrected chi connectivity index (χ0v) is 13.3. The van der Waals surface area contributed by atoms with Gasteiger partial charge in [0.1, 0.15) is 5.75 Å². The monoisotopic (exact) mass is 321 g/mol. The fourth-order valence-corrected chi connectivity index (χ4v) is 2.73. The highest BCUT2D eigenvalue weighted by molar-refractivity contribution is 5.94. The number of benzene rings is 1. The van der Waals surface area contributed by atoms with E-state index in [4.69, 9.17) is 14.6 Å². The molecule has 1 aliphatic rings. The minimum absolute atomic E-state index is 0.0742. The van der Waals surface area contributed by atoms with Gasteiger partial charge in [-0.2, -0.15) is 0 Å². The van der Waals surface area contributed by atoms with Gasteiger partial charge in [0.15, 0.2) is 0 Å². The maximum atomic E-state index is 12.3. The third kappa shape index (κ3) is 5.25. The molecule has 23 heavy (non-hydrogen) atoms. The van der Waals surface area contributed by atoms with Crippen LogP contribution in [0.1, 0.15) is 36.0 Å². The van der Waals surface area contributed by atoms with Crippen LogP contribution in [-0.4, -0.2) is 43.3 Å². The lowest BCUT2D eigenvalue weighted by molar-refractivity contribution is -0.141. The molecule has 0 radical (unpaired) electrons. The Balaban J connectivity index is 1.86. The number of carboxylic acids is 1. The Morgan fingerprint density at radius 3 is 2.83 bits per heavy atom. The van der Waals surface area contributed by atoms with Crippen LogP contribution >= 0.6 is 0 Å². The van der Waals surface area contributed by atoms with Crippen molar-refractivity contribution in [3.8, 4) is 5.75 Å². The molecule has 0 heterocycles. The summed E-state index contributed by atoms with van der Waals surface area (Å²) in [5.41, 5.74) is 0.521. The highest BCUT2D eigenvalue weighted by Crippen LogP contribution is 2.26. The van der Waals surface area contributed by atoms with Crippen molar-refractivity contribution < 1.29 is 24.2 Å². The zero-order valence-electron chi connectivity index (χ0n) is 13.3. The number of methoxy groups -OCH3 is 1. The van der Waals surface area contributed by atoms with E-state index in [0.717, 1.165) is 6.42 Å². The number of carbonyl (C=O) groups excluding carboxylic acids is 1. The van der Waals surface area contributed by atoms with E-state index in [1.165, 1.54) is 0 Å². The third-order valence-electron chi connectivity index (χ3n) is 3.97. The second kappa shape index (κ2) is 8.53. The Labute approximate surface area is 135 Å². The summed E-state index contributed by atoms with van der Waals surface area (Å²) in [5, 5.41) is 11.9. The Bertz CT molecular complexity index is 546. The molecule has 6 heteroatoms. The van der Waals surface area contributed by atoms with Gasteiger partial charge in [0, 0.05) is 31.7 Å². The SMILES string of the molecule is COCCCOc1cccc(C(=O)N[C@@H]2CC[C@H](C(=O)O)C2)c1. The first-order valence-electron chi connectivity index (χ1n) is 7.85. The van der Waals surface area contributed by atoms with Gasteiger partial charge in [-0.05, 0) is 37.5 Å². The summed E-state index contributed by atoms with van der Waals surface area (Å²) in [6, 6.07) is 6.93. The Kier molecular flexibility index (Phi) is 6.40. The molecule has 126 valence electrons. The van der Waals surface area contributed by atoms with Crippen LogP contribution in [0.5, 0.6) is 5.75 Å². The summed E-state index contributed by atoms with van der Waals surface area (Å²) in [7, 11) is 1.64. The van der Waals surface area contributed by atoms with E-state index in [1.54, 1.807) is 31.4 Å². The molecule has 1 amide bonds. The summed E-state index contributed by atoms with van der Waals surface area (Å²) in [6.45, 7) is 1.16. The van der Waals surface area contributed by atoms with E-state index in [1.807, 2.05) is 0 Å². The minimum Gasteiger partial charge on any atom is -0.493 e. The molecular weight excluding hydrogens is 298 g/mol. The van der Waals surface area contributed by atoms with Crippen LogP contribution in [0.3, 0.4) is 0 Å². The molecule has 0 aliphatic heterocycles. The van der Waals surface area contributed by atoms with Crippen molar-refractivity contribution in [1.29, 1.82) is 0 Å². The molecular formula is C17H23NO5. The highest BCUT2D eigenvalue weighted by atomic mass is 16.5. The fourth-order valence-electron chi connectivity index (χ4n) is 2.73. The van der Waals surface area contributed by atoms with E-state index in [-0.39, 0.29) is 17.9 Å². The van der Waals surface area contributed by atoms with E-state index >= 15 is 0 Å². The van der Waals surface area contributed by atoms with Crippen LogP contribution in [0.25, 0.3) is 0 Å². The minimum atomic E-state index is -0.784. The Hall–Kier alpha value is -2.08. The molecule has 2 atom stereocenters. The van der Waals surface area contributed by atoms with Crippen molar-refractivity contribution in [2.45, 2.75) is 31.7 Å². The first-order valence-corrected chi connectivity index (χ1v) is 7.85. The van der Waals surface area contributed by atoms with Crippen molar-refractivity contribution in [2.24, 2.45) is 5.92 Å². The van der Waals surface area contributed by atoms with Crippen molar-refractivity contribution in [1.82, 2.24) is 5.32 Å². The summed E-state index contributed by atoms with van der Waals surface area (Å²) in [6.07, 6.45) is 2.60. The second-order valence-electron chi connectivity index (χ2n) is 5.74. The van der Waals surface area contributed by atoms with E-state index in [9.17, 15) is 9.59 Å². The summed E-state index contributed by atoms with van der Waals surface area (Å²) >= 11 is 0. The molecule has 1 aliphatic carbocycles. The standard InChI is InChI=1S/C17H23NO5/c1-22-8-3-9-23-15-5-2-4-12(11-15)16(19)18-14-7-6-13(10-14)17(20)21/h2,4-5,11,13-14H,3,6-10H2,1H3,(H,18,19)(H,20,21)/t13-,14+/m0/s1. The van der Waals surface area contributed by atoms with Crippen molar-refractivity contribution in [2.75, 3.05) is 20.3 Å². The molecule has 1 saturated carbocycles. The predicted octanol–water partition coefficient (Wildman–Crippen LogP) is 2.08. The molecule has 0 unspecified atom stereocenters. The lowest BCUT2D eigenvalue weighted by atomic mass is 10.1. The quantitative estimate of drug-likeness (QED) is 0.716. The van der Waals surface area contributed by atoms with Crippen LogP contribution in [0.2, 0.25) is 0 Å². The molecule has 0 bridgehead atoms. The highest BCUT2D eigenvalue weighted by Gasteiger charge is 2.30. The van der Waals surface area contributed by atoms with Gasteiger partial charge in [-0.1, -0.05) is 6.07 Å². The van der Waals surface area contributed by atoms with Crippen molar-refractivity contribution in [3.63, 3.8) is 0 Å². The number of ether oxygens (including phenoxy) is 2. The average Bonchev–Trinajstić information content (AvgIpc) is 3.01. The number of carbonyl (C=O) groups is 2. The molecule has 0 saturated heterocycles. The maximum Gasteiger partial charge on any atom is 0.306 e. The zero-order chi connectivity index (χ0) is 16.7. The largest absolute Gasteiger partial charge is 0.493 e. The van der Waals surface area contributed by atoms with Gasteiger partial charge >= 0.3 is 5.97 Å². The van der Waals surface area contributed by atoms with Gasteiger partial charge in [-0.15, -0.1) is 0 Å². The van der Waals surface area contributed by atoms with E-state index in [0.29, 0.717) is 43.8 Å². The summed E-state index contributed by atoms with van der Waals surface area (Å²) in [5.74, 6) is -0.684. The van der Waals surface area contributed by atoms with E-state index in [2.05, 4.69) is 5.32 Å². The van der Waals surface area contributed by atoms with Gasteiger partial charge in [0.25, 0.3) is 5.91 Å². The maximum absolute atomic E-state index is 12.3. The smallest absolute Gasteiger partial charge is 0.306 e. The van der Waals surface area contributed by atoms with Crippen LogP contribution in [0, 0.1) is 5.92 Å². The summed E-state index contributed by atoms with van der Waals surface area (Å²) in [4.78, 5) is 23.2. The second-order valence-corrected chi connectivity index (χ2v) is 5.74. The van der Waals surface area contributed by atoms with Crippen LogP contribution in [-0.2, 0) is 9.53 Å². The van der Waals surface area contributed by atoms with Gasteiger partial charge in [0.05, 0.1) is 12.5 Å². The predicted molar refractivity (Wildman–Crippen MR) is 84.7 cm³/mol. The van der Waals surface area contributed by atoms with Gasteiger partial charge in [-0.25, -0.2) is 0 Å². The molecule has 2 rings (SSSR count). The molecule has 0 aromatic heterocycles. The number of amides is 1. The Morgan fingerprint density at radius 1 is 1.30 bits per heavy atom. The van der Waals surface area contributed by atoms with Crippen LogP contribution in [0.15, 0.2) is 24.3 Å². The van der Waals surface area contributed by atoms with E-state index < -0.39 is 5.97 Å². The number of nitrogens with one attached hydrogen (secondary N) is 1. The lowest BCUT2D eigenvalue weighted by Gasteiger charge is -2.13. The van der Waals surface area contributed by atoms with Crippen LogP contribution in [0.4, 0.5) is 0 Å². The molecule has 1 fully saturated rings. The van der Waals surface area contributed by atoms with Crippen molar-refractivity contribution in [3.05, 3.63) is 29.8 Å². The molecule has 1 aromatic carbocycles. The molecule has 0 spiro atoms. The first-order chi connectivity index (χ1) is 11.1. The molecule has 2 N–H and O–H groups in total. The van der Waals surface area contributed by atoms with Gasteiger partial charge < -0.3 is 19.9 Å². The number of hydrogen-bond donors (Lipinski definition) is 2. The van der Waals surface area contributed by atoms with Crippen molar-refractivity contribution >= 4 is 11.9 Å². The third-order valence-corrected chi connectivity index (χ3v) is 3.97. The lowest BCUT2D eigenvalue weighted by Crippen LogP contribution is -2.33. The Morgan fingerprint density at radius 2 is 2.13 bits per heavy atom. The van der Waals surface area contributed by atoms with Crippen LogP contribution < -0.4 is 10.1 Å². The van der Waals surface area contributed by atoms with Gasteiger partial charge in [0.2, 0.25) is 0 Å². The number of rotatable bonds is 8. The fraction of sp³-hybridized carbons (Fsp3) is 0.529. The average molecular weight is 321 g/mol.